The van der Waals surface area contributed by atoms with Gasteiger partial charge in [-0.15, -0.1) is 5.10 Å². The van der Waals surface area contributed by atoms with Crippen molar-refractivity contribution in [1.82, 2.24) is 15.5 Å². The van der Waals surface area contributed by atoms with E-state index in [0.29, 0.717) is 11.3 Å². The molecule has 1 N–H and O–H groups in total. The van der Waals surface area contributed by atoms with E-state index >= 15 is 0 Å². The summed E-state index contributed by atoms with van der Waals surface area (Å²) in [5, 5.41) is 12.1. The van der Waals surface area contributed by atoms with Gasteiger partial charge in [0, 0.05) is 19.6 Å². The van der Waals surface area contributed by atoms with E-state index in [1.165, 1.54) is 12.8 Å². The Labute approximate surface area is 123 Å². The zero-order valence-corrected chi connectivity index (χ0v) is 13.3. The van der Waals surface area contributed by atoms with Gasteiger partial charge < -0.3 is 10.2 Å². The maximum Gasteiger partial charge on any atom is 0.151 e. The fraction of sp³-hybridized carbons (Fsp3) is 0.750. The summed E-state index contributed by atoms with van der Waals surface area (Å²) < 4.78 is 0. The first-order valence-corrected chi connectivity index (χ1v) is 7.74. The molecule has 0 bridgehead atoms. The first-order valence-electron chi connectivity index (χ1n) is 7.74. The van der Waals surface area contributed by atoms with Crippen molar-refractivity contribution in [2.75, 3.05) is 24.5 Å². The van der Waals surface area contributed by atoms with Crippen LogP contribution < -0.4 is 10.2 Å². The molecule has 0 aromatic carbocycles. The third-order valence-corrected chi connectivity index (χ3v) is 4.01. The Morgan fingerprint density at radius 1 is 1.20 bits per heavy atom. The van der Waals surface area contributed by atoms with E-state index in [-0.39, 0.29) is 0 Å². The maximum atomic E-state index is 4.38. The molecule has 1 saturated heterocycles. The summed E-state index contributed by atoms with van der Waals surface area (Å²) in [5.41, 5.74) is 1.50. The molecular formula is C16H28N4. The van der Waals surface area contributed by atoms with Crippen molar-refractivity contribution in [1.29, 1.82) is 0 Å². The van der Waals surface area contributed by atoms with Crippen LogP contribution in [0.15, 0.2) is 12.1 Å². The summed E-state index contributed by atoms with van der Waals surface area (Å²) in [6, 6.07) is 4.20. The Hall–Kier alpha value is -1.16. The highest BCUT2D eigenvalue weighted by atomic mass is 15.3. The number of piperidine rings is 1. The summed E-state index contributed by atoms with van der Waals surface area (Å²) in [7, 11) is 0. The van der Waals surface area contributed by atoms with E-state index in [1.54, 1.807) is 0 Å². The molecule has 0 amide bonds. The highest BCUT2D eigenvalue weighted by molar-refractivity contribution is 5.37. The molecule has 0 aliphatic carbocycles. The van der Waals surface area contributed by atoms with Crippen LogP contribution >= 0.6 is 0 Å². The van der Waals surface area contributed by atoms with E-state index in [9.17, 15) is 0 Å². The lowest BCUT2D eigenvalue weighted by atomic mass is 9.83. The van der Waals surface area contributed by atoms with Gasteiger partial charge in [-0.1, -0.05) is 27.7 Å². The Bertz CT molecular complexity index is 401. The SMILES string of the molecule is CC(C)CNCc1ccc(N2CCC(C)(C)CC2)nn1. The molecule has 20 heavy (non-hydrogen) atoms. The van der Waals surface area contributed by atoms with Crippen LogP contribution in [0, 0.1) is 11.3 Å². The van der Waals surface area contributed by atoms with E-state index in [1.807, 2.05) is 0 Å². The van der Waals surface area contributed by atoms with E-state index in [4.69, 9.17) is 0 Å². The van der Waals surface area contributed by atoms with Crippen LogP contribution in [-0.2, 0) is 6.54 Å². The minimum absolute atomic E-state index is 0.477. The van der Waals surface area contributed by atoms with Crippen molar-refractivity contribution in [2.45, 2.75) is 47.1 Å². The first kappa shape index (κ1) is 15.2. The largest absolute Gasteiger partial charge is 0.355 e. The average Bonchev–Trinajstić information content (AvgIpc) is 2.39. The van der Waals surface area contributed by atoms with Gasteiger partial charge in [-0.25, -0.2) is 0 Å². The highest BCUT2D eigenvalue weighted by Gasteiger charge is 2.25. The monoisotopic (exact) mass is 276 g/mol. The Kier molecular flexibility index (Phi) is 4.97. The molecule has 1 aliphatic rings. The lowest BCUT2D eigenvalue weighted by Gasteiger charge is -2.37. The maximum absolute atomic E-state index is 4.38. The first-order chi connectivity index (χ1) is 9.46. The van der Waals surface area contributed by atoms with E-state index in [0.717, 1.165) is 37.7 Å². The molecule has 2 rings (SSSR count). The van der Waals surface area contributed by atoms with Crippen LogP contribution in [0.3, 0.4) is 0 Å². The Balaban J connectivity index is 1.85. The molecule has 112 valence electrons. The zero-order valence-electron chi connectivity index (χ0n) is 13.3. The van der Waals surface area contributed by atoms with Crippen LogP contribution in [-0.4, -0.2) is 29.8 Å². The molecule has 4 heteroatoms. The molecule has 2 heterocycles. The van der Waals surface area contributed by atoms with Gasteiger partial charge in [0.15, 0.2) is 5.82 Å². The summed E-state index contributed by atoms with van der Waals surface area (Å²) in [4.78, 5) is 2.35. The molecule has 0 unspecified atom stereocenters. The lowest BCUT2D eigenvalue weighted by Crippen LogP contribution is -2.37. The second kappa shape index (κ2) is 6.53. The molecule has 0 atom stereocenters. The second-order valence-electron chi connectivity index (χ2n) is 7.06. The van der Waals surface area contributed by atoms with Gasteiger partial charge in [0.25, 0.3) is 0 Å². The van der Waals surface area contributed by atoms with Gasteiger partial charge in [0.2, 0.25) is 0 Å². The molecule has 4 nitrogen and oxygen atoms in total. The number of anilines is 1. The van der Waals surface area contributed by atoms with Crippen LogP contribution in [0.2, 0.25) is 0 Å². The fourth-order valence-corrected chi connectivity index (χ4v) is 2.45. The summed E-state index contributed by atoms with van der Waals surface area (Å²) in [5.74, 6) is 1.69. The second-order valence-corrected chi connectivity index (χ2v) is 7.06. The summed E-state index contributed by atoms with van der Waals surface area (Å²) in [6.45, 7) is 13.1. The van der Waals surface area contributed by atoms with Crippen LogP contribution in [0.5, 0.6) is 0 Å². The predicted molar refractivity (Wildman–Crippen MR) is 83.8 cm³/mol. The highest BCUT2D eigenvalue weighted by Crippen LogP contribution is 2.31. The van der Waals surface area contributed by atoms with Crippen molar-refractivity contribution in [2.24, 2.45) is 11.3 Å². The third kappa shape index (κ3) is 4.44. The molecule has 1 aliphatic heterocycles. The smallest absolute Gasteiger partial charge is 0.151 e. The molecule has 1 aromatic rings. The van der Waals surface area contributed by atoms with E-state index < -0.39 is 0 Å². The van der Waals surface area contributed by atoms with Gasteiger partial charge >= 0.3 is 0 Å². The summed E-state index contributed by atoms with van der Waals surface area (Å²) >= 11 is 0. The lowest BCUT2D eigenvalue weighted by molar-refractivity contribution is 0.279. The molecule has 0 saturated carbocycles. The van der Waals surface area contributed by atoms with Crippen molar-refractivity contribution in [3.05, 3.63) is 17.8 Å². The van der Waals surface area contributed by atoms with Crippen molar-refractivity contribution in [3.8, 4) is 0 Å². The number of hydrogen-bond acceptors (Lipinski definition) is 4. The van der Waals surface area contributed by atoms with Crippen molar-refractivity contribution < 1.29 is 0 Å². The normalized spacial score (nSPS) is 18.6. The zero-order chi connectivity index (χ0) is 14.6. The predicted octanol–water partition coefficient (Wildman–Crippen LogP) is 2.85. The van der Waals surface area contributed by atoms with E-state index in [2.05, 4.69) is 60.2 Å². The number of hydrogen-bond donors (Lipinski definition) is 1. The summed E-state index contributed by atoms with van der Waals surface area (Å²) in [6.07, 6.45) is 2.46. The van der Waals surface area contributed by atoms with Gasteiger partial charge in [-0.3, -0.25) is 0 Å². The minimum Gasteiger partial charge on any atom is -0.355 e. The van der Waals surface area contributed by atoms with Crippen molar-refractivity contribution in [3.63, 3.8) is 0 Å². The number of nitrogens with zero attached hydrogens (tertiary/aromatic N) is 3. The third-order valence-electron chi connectivity index (χ3n) is 4.01. The number of rotatable bonds is 5. The quantitative estimate of drug-likeness (QED) is 0.898. The fourth-order valence-electron chi connectivity index (χ4n) is 2.45. The van der Waals surface area contributed by atoms with Gasteiger partial charge in [0.1, 0.15) is 0 Å². The standard InChI is InChI=1S/C16H28N4/c1-13(2)11-17-12-14-5-6-15(19-18-14)20-9-7-16(3,4)8-10-20/h5-6,13,17H,7-12H2,1-4H3. The number of aromatic nitrogens is 2. The number of nitrogens with one attached hydrogen (secondary N) is 1. The van der Waals surface area contributed by atoms with Gasteiger partial charge in [-0.05, 0) is 42.9 Å². The van der Waals surface area contributed by atoms with Crippen LogP contribution in [0.4, 0.5) is 5.82 Å². The molecular weight excluding hydrogens is 248 g/mol. The van der Waals surface area contributed by atoms with Gasteiger partial charge in [-0.2, -0.15) is 5.10 Å². The van der Waals surface area contributed by atoms with Crippen LogP contribution in [0.1, 0.15) is 46.2 Å². The molecule has 0 spiro atoms. The minimum atomic E-state index is 0.477. The molecule has 0 radical (unpaired) electrons. The Morgan fingerprint density at radius 3 is 2.45 bits per heavy atom. The Morgan fingerprint density at radius 2 is 1.90 bits per heavy atom. The molecule has 1 aromatic heterocycles. The topological polar surface area (TPSA) is 41.0 Å². The average molecular weight is 276 g/mol. The molecule has 1 fully saturated rings. The van der Waals surface area contributed by atoms with Crippen molar-refractivity contribution >= 4 is 5.82 Å². The van der Waals surface area contributed by atoms with Crippen LogP contribution in [0.25, 0.3) is 0 Å². The van der Waals surface area contributed by atoms with Gasteiger partial charge in [0.05, 0.1) is 5.69 Å².